The molecule has 9 heteroatoms. The number of hydrogen-bond acceptors (Lipinski definition) is 4. The number of benzene rings is 2. The zero-order valence-electron chi connectivity index (χ0n) is 18.5. The van der Waals surface area contributed by atoms with Gasteiger partial charge >= 0.3 is 12.1 Å². The van der Waals surface area contributed by atoms with Crippen LogP contribution in [0, 0.1) is 0 Å². The van der Waals surface area contributed by atoms with Gasteiger partial charge in [0.15, 0.2) is 6.61 Å². The van der Waals surface area contributed by atoms with Crippen molar-refractivity contribution in [2.45, 2.75) is 26.9 Å². The quantitative estimate of drug-likeness (QED) is 0.453. The highest BCUT2D eigenvalue weighted by Crippen LogP contribution is 2.29. The van der Waals surface area contributed by atoms with Crippen molar-refractivity contribution in [3.05, 3.63) is 70.8 Å². The predicted octanol–water partition coefficient (Wildman–Crippen LogP) is 4.77. The Morgan fingerprint density at radius 2 is 1.61 bits per heavy atom. The Balaban J connectivity index is 2.10. The zero-order chi connectivity index (χ0) is 24.6. The van der Waals surface area contributed by atoms with Gasteiger partial charge in [0, 0.05) is 18.7 Å². The normalized spacial score (nSPS) is 11.6. The molecule has 0 aliphatic rings. The maximum atomic E-state index is 12.7. The molecule has 0 aliphatic heterocycles. The summed E-state index contributed by atoms with van der Waals surface area (Å²) in [6.45, 7) is 5.68. The number of hydrogen-bond donors (Lipinski definition) is 1. The summed E-state index contributed by atoms with van der Waals surface area (Å²) in [5.74, 6) is -1.64. The van der Waals surface area contributed by atoms with Gasteiger partial charge in [-0.05, 0) is 56.7 Å². The summed E-state index contributed by atoms with van der Waals surface area (Å²) in [5.41, 5.74) is 0.102. The highest BCUT2D eigenvalue weighted by atomic mass is 19.4. The summed E-state index contributed by atoms with van der Waals surface area (Å²) < 4.78 is 43.2. The van der Waals surface area contributed by atoms with Crippen LogP contribution < -0.4 is 5.32 Å². The second-order valence-electron chi connectivity index (χ2n) is 7.09. The number of rotatable bonds is 8. The van der Waals surface area contributed by atoms with Crippen molar-refractivity contribution in [3.8, 4) is 0 Å². The highest BCUT2D eigenvalue weighted by molar-refractivity contribution is 6.09. The van der Waals surface area contributed by atoms with Crippen molar-refractivity contribution in [3.63, 3.8) is 0 Å². The van der Waals surface area contributed by atoms with Gasteiger partial charge in [0.2, 0.25) is 0 Å². The first-order valence-electron chi connectivity index (χ1n) is 10.3. The third kappa shape index (κ3) is 7.20. The number of para-hydroxylation sites is 1. The van der Waals surface area contributed by atoms with Gasteiger partial charge in [0.05, 0.1) is 16.8 Å². The molecule has 0 radical (unpaired) electrons. The Labute approximate surface area is 190 Å². The molecule has 0 unspecified atom stereocenters. The Bertz CT molecular complexity index is 1030. The summed E-state index contributed by atoms with van der Waals surface area (Å²) in [6.07, 6.45) is -3.01. The molecular formula is C24H25F3N2O4. The van der Waals surface area contributed by atoms with E-state index >= 15 is 0 Å². The van der Waals surface area contributed by atoms with Crippen molar-refractivity contribution < 1.29 is 32.3 Å². The van der Waals surface area contributed by atoms with E-state index < -0.39 is 30.2 Å². The molecule has 0 fully saturated rings. The van der Waals surface area contributed by atoms with Crippen LogP contribution in [0.2, 0.25) is 0 Å². The van der Waals surface area contributed by atoms with E-state index in [1.807, 2.05) is 13.8 Å². The predicted molar refractivity (Wildman–Crippen MR) is 118 cm³/mol. The third-order valence-electron chi connectivity index (χ3n) is 4.82. The van der Waals surface area contributed by atoms with Crippen LogP contribution in [0.5, 0.6) is 0 Å². The van der Waals surface area contributed by atoms with Crippen LogP contribution in [0.15, 0.2) is 54.1 Å². The molecule has 0 bridgehead atoms. The maximum Gasteiger partial charge on any atom is 0.416 e. The SMILES string of the molecule is CCN(CC)C(=O)COC(=O)c1ccccc1NC(=O)/C(C)=C/c1ccc(C(F)(F)F)cc1. The minimum absolute atomic E-state index is 0.0699. The van der Waals surface area contributed by atoms with E-state index in [2.05, 4.69) is 5.32 Å². The van der Waals surface area contributed by atoms with Crippen LogP contribution in [-0.2, 0) is 20.5 Å². The Morgan fingerprint density at radius 1 is 1.00 bits per heavy atom. The molecule has 0 spiro atoms. The Morgan fingerprint density at radius 3 is 2.18 bits per heavy atom. The first-order chi connectivity index (χ1) is 15.6. The average molecular weight is 462 g/mol. The standard InChI is InChI=1S/C24H25F3N2O4/c1-4-29(5-2)21(30)15-33-23(32)19-8-6-7-9-20(19)28-22(31)16(3)14-17-10-12-18(13-11-17)24(25,26)27/h6-14H,4-5,15H2,1-3H3,(H,28,31)/b16-14+. The molecule has 6 nitrogen and oxygen atoms in total. The summed E-state index contributed by atoms with van der Waals surface area (Å²) in [4.78, 5) is 38.6. The number of carbonyl (C=O) groups is 3. The summed E-state index contributed by atoms with van der Waals surface area (Å²) in [5, 5.41) is 2.60. The lowest BCUT2D eigenvalue weighted by Crippen LogP contribution is -2.34. The molecule has 0 saturated carbocycles. The van der Waals surface area contributed by atoms with Crippen molar-refractivity contribution in [2.75, 3.05) is 25.0 Å². The topological polar surface area (TPSA) is 75.7 Å². The lowest BCUT2D eigenvalue weighted by molar-refractivity contribution is -0.137. The molecule has 2 amide bonds. The fourth-order valence-corrected chi connectivity index (χ4v) is 2.95. The maximum absolute atomic E-state index is 12.7. The molecule has 2 aromatic carbocycles. The monoisotopic (exact) mass is 462 g/mol. The van der Waals surface area contributed by atoms with Crippen LogP contribution in [0.25, 0.3) is 6.08 Å². The molecule has 33 heavy (non-hydrogen) atoms. The van der Waals surface area contributed by atoms with E-state index in [9.17, 15) is 27.6 Å². The van der Waals surface area contributed by atoms with Crippen LogP contribution in [0.1, 0.15) is 42.3 Å². The van der Waals surface area contributed by atoms with E-state index in [0.29, 0.717) is 18.7 Å². The first-order valence-corrected chi connectivity index (χ1v) is 10.3. The third-order valence-corrected chi connectivity index (χ3v) is 4.82. The number of esters is 1. The minimum Gasteiger partial charge on any atom is -0.452 e. The molecule has 0 aromatic heterocycles. The lowest BCUT2D eigenvalue weighted by atomic mass is 10.1. The Kier molecular flexibility index (Phi) is 8.78. The largest absolute Gasteiger partial charge is 0.452 e. The number of alkyl halides is 3. The van der Waals surface area contributed by atoms with Gasteiger partial charge in [0.25, 0.3) is 11.8 Å². The van der Waals surface area contributed by atoms with Gasteiger partial charge < -0.3 is 15.0 Å². The van der Waals surface area contributed by atoms with E-state index in [-0.39, 0.29) is 22.7 Å². The van der Waals surface area contributed by atoms with Gasteiger partial charge in [-0.15, -0.1) is 0 Å². The van der Waals surface area contributed by atoms with Gasteiger partial charge in [-0.25, -0.2) is 4.79 Å². The summed E-state index contributed by atoms with van der Waals surface area (Å²) >= 11 is 0. The molecule has 0 heterocycles. The zero-order valence-corrected chi connectivity index (χ0v) is 18.5. The summed E-state index contributed by atoms with van der Waals surface area (Å²) in [7, 11) is 0. The second-order valence-corrected chi connectivity index (χ2v) is 7.09. The number of nitrogens with zero attached hydrogens (tertiary/aromatic N) is 1. The lowest BCUT2D eigenvalue weighted by Gasteiger charge is -2.18. The van der Waals surface area contributed by atoms with Crippen molar-refractivity contribution in [1.29, 1.82) is 0 Å². The number of carbonyl (C=O) groups excluding carboxylic acids is 3. The molecular weight excluding hydrogens is 437 g/mol. The number of likely N-dealkylation sites (N-methyl/N-ethyl adjacent to an activating group) is 1. The summed E-state index contributed by atoms with van der Waals surface area (Å²) in [6, 6.07) is 10.5. The highest BCUT2D eigenvalue weighted by Gasteiger charge is 2.29. The number of nitrogens with one attached hydrogen (secondary N) is 1. The average Bonchev–Trinajstić information content (AvgIpc) is 2.78. The molecule has 0 atom stereocenters. The van der Waals surface area contributed by atoms with Gasteiger partial charge in [0.1, 0.15) is 0 Å². The van der Waals surface area contributed by atoms with Crippen molar-refractivity contribution in [1.82, 2.24) is 4.90 Å². The fourth-order valence-electron chi connectivity index (χ4n) is 2.95. The van der Waals surface area contributed by atoms with Crippen LogP contribution >= 0.6 is 0 Å². The fraction of sp³-hybridized carbons (Fsp3) is 0.292. The Hall–Kier alpha value is -3.62. The van der Waals surface area contributed by atoms with E-state index in [4.69, 9.17) is 4.74 Å². The number of anilines is 1. The molecule has 176 valence electrons. The van der Waals surface area contributed by atoms with Gasteiger partial charge in [-0.1, -0.05) is 24.3 Å². The van der Waals surface area contributed by atoms with E-state index in [1.165, 1.54) is 42.2 Å². The smallest absolute Gasteiger partial charge is 0.416 e. The molecule has 1 N–H and O–H groups in total. The van der Waals surface area contributed by atoms with Crippen LogP contribution in [0.3, 0.4) is 0 Å². The van der Waals surface area contributed by atoms with Crippen molar-refractivity contribution in [2.24, 2.45) is 0 Å². The molecule has 2 rings (SSSR count). The first kappa shape index (κ1) is 25.6. The van der Waals surface area contributed by atoms with Gasteiger partial charge in [-0.3, -0.25) is 9.59 Å². The minimum atomic E-state index is -4.44. The number of amides is 2. The number of ether oxygens (including phenoxy) is 1. The van der Waals surface area contributed by atoms with E-state index in [1.54, 1.807) is 12.1 Å². The van der Waals surface area contributed by atoms with E-state index in [0.717, 1.165) is 12.1 Å². The van der Waals surface area contributed by atoms with Crippen LogP contribution in [0.4, 0.5) is 18.9 Å². The molecule has 2 aromatic rings. The molecule has 0 aliphatic carbocycles. The number of halogens is 3. The molecule has 0 saturated heterocycles. The van der Waals surface area contributed by atoms with Gasteiger partial charge in [-0.2, -0.15) is 13.2 Å². The van der Waals surface area contributed by atoms with Crippen molar-refractivity contribution >= 4 is 29.5 Å². The van der Waals surface area contributed by atoms with Crippen LogP contribution in [-0.4, -0.2) is 42.4 Å². The second kappa shape index (κ2) is 11.3.